The third-order valence-corrected chi connectivity index (χ3v) is 5.78. The maximum absolute atomic E-state index is 12.4. The lowest BCUT2D eigenvalue weighted by Gasteiger charge is -2.32. The van der Waals surface area contributed by atoms with E-state index in [9.17, 15) is 4.79 Å². The lowest BCUT2D eigenvalue weighted by atomic mass is 10.0. The number of benzene rings is 1. The summed E-state index contributed by atoms with van der Waals surface area (Å²) in [5.41, 5.74) is 2.02. The number of rotatable bonds is 9. The minimum Gasteiger partial charge on any atom is -0.493 e. The van der Waals surface area contributed by atoms with Gasteiger partial charge in [0, 0.05) is 56.5 Å². The van der Waals surface area contributed by atoms with Crippen molar-refractivity contribution in [3.63, 3.8) is 0 Å². The molecule has 33 heavy (non-hydrogen) atoms. The first-order valence-electron chi connectivity index (χ1n) is 11.1. The van der Waals surface area contributed by atoms with Crippen LogP contribution in [0.2, 0.25) is 0 Å². The van der Waals surface area contributed by atoms with Gasteiger partial charge in [0.15, 0.2) is 11.5 Å². The van der Waals surface area contributed by atoms with Crippen LogP contribution in [-0.4, -0.2) is 59.3 Å². The van der Waals surface area contributed by atoms with Crippen LogP contribution in [0.5, 0.6) is 11.5 Å². The molecule has 1 amide bonds. The Morgan fingerprint density at radius 3 is 2.61 bits per heavy atom. The lowest BCUT2D eigenvalue weighted by Crippen LogP contribution is -2.44. The Bertz CT molecular complexity index is 1050. The van der Waals surface area contributed by atoms with E-state index in [0.29, 0.717) is 24.6 Å². The highest BCUT2D eigenvalue weighted by Crippen LogP contribution is 2.28. The van der Waals surface area contributed by atoms with Gasteiger partial charge in [-0.15, -0.1) is 0 Å². The Hall–Kier alpha value is -3.46. The Kier molecular flexibility index (Phi) is 7.51. The van der Waals surface area contributed by atoms with E-state index in [2.05, 4.69) is 31.4 Å². The van der Waals surface area contributed by atoms with Crippen molar-refractivity contribution in [1.82, 2.24) is 25.3 Å². The number of nitrogens with one attached hydrogen (secondary N) is 1. The molecule has 9 nitrogen and oxygen atoms in total. The molecule has 0 radical (unpaired) electrons. The number of pyridine rings is 1. The van der Waals surface area contributed by atoms with Crippen LogP contribution >= 0.6 is 0 Å². The zero-order valence-corrected chi connectivity index (χ0v) is 19.0. The average molecular weight is 452 g/mol. The van der Waals surface area contributed by atoms with Crippen molar-refractivity contribution in [3.05, 3.63) is 54.2 Å². The third kappa shape index (κ3) is 6.07. The number of hydrogen-bond acceptors (Lipinski definition) is 8. The predicted molar refractivity (Wildman–Crippen MR) is 122 cm³/mol. The molecule has 1 saturated heterocycles. The van der Waals surface area contributed by atoms with Crippen molar-refractivity contribution in [1.29, 1.82) is 0 Å². The van der Waals surface area contributed by atoms with Crippen LogP contribution in [0, 0.1) is 0 Å². The third-order valence-electron chi connectivity index (χ3n) is 5.78. The molecule has 3 aromatic rings. The fourth-order valence-electron chi connectivity index (χ4n) is 3.97. The highest BCUT2D eigenvalue weighted by atomic mass is 16.5. The lowest BCUT2D eigenvalue weighted by molar-refractivity contribution is -0.122. The molecule has 1 aromatic carbocycles. The SMILES string of the molecule is COc1ccc(CN2CCC(NC(=O)CCc3nc(-c4ccncc4)no3)CC2)cc1OC. The largest absolute Gasteiger partial charge is 0.493 e. The molecule has 9 heteroatoms. The zero-order valence-electron chi connectivity index (χ0n) is 19.0. The summed E-state index contributed by atoms with van der Waals surface area (Å²) in [5.74, 6) is 2.46. The Morgan fingerprint density at radius 1 is 1.12 bits per heavy atom. The van der Waals surface area contributed by atoms with Crippen LogP contribution in [0.1, 0.15) is 30.7 Å². The van der Waals surface area contributed by atoms with Crippen LogP contribution in [0.25, 0.3) is 11.4 Å². The zero-order chi connectivity index (χ0) is 23.0. The molecular formula is C24H29N5O4. The first-order valence-corrected chi connectivity index (χ1v) is 11.1. The molecule has 0 atom stereocenters. The minimum atomic E-state index is 0.0111. The van der Waals surface area contributed by atoms with Crippen molar-refractivity contribution in [2.75, 3.05) is 27.3 Å². The molecule has 0 aliphatic carbocycles. The molecule has 3 heterocycles. The Balaban J connectivity index is 1.19. The summed E-state index contributed by atoms with van der Waals surface area (Å²) < 4.78 is 16.0. The molecule has 4 rings (SSSR count). The number of ether oxygens (including phenoxy) is 2. The molecule has 2 aromatic heterocycles. The summed E-state index contributed by atoms with van der Waals surface area (Å²) in [6, 6.07) is 9.84. The number of aromatic nitrogens is 3. The Labute approximate surface area is 193 Å². The quantitative estimate of drug-likeness (QED) is 0.530. The van der Waals surface area contributed by atoms with Crippen LogP contribution in [-0.2, 0) is 17.8 Å². The van der Waals surface area contributed by atoms with Gasteiger partial charge in [0.1, 0.15) is 0 Å². The van der Waals surface area contributed by atoms with Crippen molar-refractivity contribution >= 4 is 5.91 Å². The standard InChI is InChI=1S/C24H29N5O4/c1-31-20-4-3-17(15-21(20)32-2)16-29-13-9-19(10-14-29)26-22(30)5-6-23-27-24(28-33-23)18-7-11-25-12-8-18/h3-4,7-8,11-12,15,19H,5-6,9-10,13-14,16H2,1-2H3,(H,26,30). The summed E-state index contributed by atoms with van der Waals surface area (Å²) in [7, 11) is 3.28. The number of amides is 1. The van der Waals surface area contributed by atoms with Gasteiger partial charge in [-0.3, -0.25) is 14.7 Å². The van der Waals surface area contributed by atoms with Crippen molar-refractivity contribution in [2.45, 2.75) is 38.3 Å². The van der Waals surface area contributed by atoms with Gasteiger partial charge >= 0.3 is 0 Å². The van der Waals surface area contributed by atoms with Crippen LogP contribution < -0.4 is 14.8 Å². The molecule has 174 valence electrons. The average Bonchev–Trinajstić information content (AvgIpc) is 3.34. The van der Waals surface area contributed by atoms with E-state index in [1.807, 2.05) is 24.3 Å². The second kappa shape index (κ2) is 10.9. The van der Waals surface area contributed by atoms with E-state index < -0.39 is 0 Å². The summed E-state index contributed by atoms with van der Waals surface area (Å²) in [6.07, 6.45) is 5.94. The smallest absolute Gasteiger partial charge is 0.227 e. The first kappa shape index (κ1) is 22.7. The molecule has 0 unspecified atom stereocenters. The van der Waals surface area contributed by atoms with Gasteiger partial charge in [-0.2, -0.15) is 4.98 Å². The van der Waals surface area contributed by atoms with E-state index in [1.165, 1.54) is 5.56 Å². The fourth-order valence-corrected chi connectivity index (χ4v) is 3.97. The van der Waals surface area contributed by atoms with Crippen LogP contribution in [0.15, 0.2) is 47.2 Å². The van der Waals surface area contributed by atoms with Crippen molar-refractivity contribution in [2.24, 2.45) is 0 Å². The maximum atomic E-state index is 12.4. The van der Waals surface area contributed by atoms with Gasteiger partial charge in [0.05, 0.1) is 14.2 Å². The molecule has 1 fully saturated rings. The van der Waals surface area contributed by atoms with E-state index in [-0.39, 0.29) is 11.9 Å². The number of nitrogens with zero attached hydrogens (tertiary/aromatic N) is 4. The van der Waals surface area contributed by atoms with Gasteiger partial charge in [0.2, 0.25) is 17.6 Å². The minimum absolute atomic E-state index is 0.0111. The Morgan fingerprint density at radius 2 is 1.88 bits per heavy atom. The summed E-state index contributed by atoms with van der Waals surface area (Å²) in [4.78, 5) is 23.2. The van der Waals surface area contributed by atoms with E-state index in [4.69, 9.17) is 14.0 Å². The number of aryl methyl sites for hydroxylation is 1. The van der Waals surface area contributed by atoms with E-state index >= 15 is 0 Å². The van der Waals surface area contributed by atoms with E-state index in [0.717, 1.165) is 49.5 Å². The molecule has 1 aliphatic heterocycles. The summed E-state index contributed by atoms with van der Waals surface area (Å²) in [6.45, 7) is 2.70. The normalized spacial score (nSPS) is 14.7. The number of methoxy groups -OCH3 is 2. The second-order valence-electron chi connectivity index (χ2n) is 8.05. The van der Waals surface area contributed by atoms with Gasteiger partial charge in [-0.1, -0.05) is 11.2 Å². The topological polar surface area (TPSA) is 103 Å². The monoisotopic (exact) mass is 451 g/mol. The van der Waals surface area contributed by atoms with E-state index in [1.54, 1.807) is 26.6 Å². The van der Waals surface area contributed by atoms with Crippen molar-refractivity contribution < 1.29 is 18.8 Å². The van der Waals surface area contributed by atoms with Crippen LogP contribution in [0.3, 0.4) is 0 Å². The number of carbonyl (C=O) groups is 1. The number of likely N-dealkylation sites (tertiary alicyclic amines) is 1. The van der Waals surface area contributed by atoms with Gasteiger partial charge in [0.25, 0.3) is 0 Å². The summed E-state index contributed by atoms with van der Waals surface area (Å²) in [5, 5.41) is 7.12. The highest BCUT2D eigenvalue weighted by Gasteiger charge is 2.21. The van der Waals surface area contributed by atoms with Gasteiger partial charge in [-0.25, -0.2) is 0 Å². The second-order valence-corrected chi connectivity index (χ2v) is 8.05. The molecule has 0 spiro atoms. The molecule has 1 aliphatic rings. The predicted octanol–water partition coefficient (Wildman–Crippen LogP) is 2.86. The molecule has 1 N–H and O–H groups in total. The molecule has 0 bridgehead atoms. The molecular weight excluding hydrogens is 422 g/mol. The van der Waals surface area contributed by atoms with Gasteiger partial charge in [-0.05, 0) is 42.7 Å². The van der Waals surface area contributed by atoms with Gasteiger partial charge < -0.3 is 19.3 Å². The highest BCUT2D eigenvalue weighted by molar-refractivity contribution is 5.76. The number of carbonyl (C=O) groups excluding carboxylic acids is 1. The maximum Gasteiger partial charge on any atom is 0.227 e. The van der Waals surface area contributed by atoms with Crippen LogP contribution in [0.4, 0.5) is 0 Å². The molecule has 0 saturated carbocycles. The van der Waals surface area contributed by atoms with Crippen molar-refractivity contribution in [3.8, 4) is 22.9 Å². The number of hydrogen-bond donors (Lipinski definition) is 1. The number of piperidine rings is 1. The summed E-state index contributed by atoms with van der Waals surface area (Å²) >= 11 is 0. The first-order chi connectivity index (χ1) is 16.1. The fraction of sp³-hybridized carbons (Fsp3) is 0.417.